The number of hydrogen-bond acceptors (Lipinski definition) is 7. The fraction of sp³-hybridized carbons (Fsp3) is 0.0667. The third-order valence-corrected chi connectivity index (χ3v) is 6.38. The first kappa shape index (κ1) is 25.7. The van der Waals surface area contributed by atoms with Gasteiger partial charge in [0, 0.05) is 10.9 Å². The second-order valence-electron chi connectivity index (χ2n) is 8.41. The minimum absolute atomic E-state index is 0.0764. The zero-order chi connectivity index (χ0) is 27.5. The maximum atomic E-state index is 13.6. The highest BCUT2D eigenvalue weighted by Gasteiger charge is 2.21. The van der Waals surface area contributed by atoms with Crippen LogP contribution in [0.15, 0.2) is 89.3 Å². The molecule has 1 N–H and O–H groups in total. The minimum atomic E-state index is -0.676. The van der Waals surface area contributed by atoms with Gasteiger partial charge in [0.1, 0.15) is 11.5 Å². The number of carbonyl (C=O) groups is 3. The largest absolute Gasteiger partial charge is 0.465 e. The van der Waals surface area contributed by atoms with E-state index in [1.807, 2.05) is 24.3 Å². The van der Waals surface area contributed by atoms with Crippen LogP contribution in [0, 0.1) is 0 Å². The van der Waals surface area contributed by atoms with Crippen molar-refractivity contribution < 1.29 is 28.3 Å². The molecular weight excluding hydrogens is 520 g/mol. The summed E-state index contributed by atoms with van der Waals surface area (Å²) in [6.07, 6.45) is 0. The molecule has 0 radical (unpaired) electrons. The summed E-state index contributed by atoms with van der Waals surface area (Å²) >= 11 is 6.33. The van der Waals surface area contributed by atoms with E-state index in [1.54, 1.807) is 42.5 Å². The Hall–Kier alpha value is -4.95. The number of anilines is 1. The molecule has 9 heteroatoms. The molecule has 0 spiro atoms. The van der Waals surface area contributed by atoms with Crippen LogP contribution in [0.3, 0.4) is 0 Å². The smallest absolute Gasteiger partial charge is 0.339 e. The number of nitrogens with one attached hydrogen (secondary N) is 1. The predicted octanol–water partition coefficient (Wildman–Crippen LogP) is 6.64. The Morgan fingerprint density at radius 1 is 0.795 bits per heavy atom. The second-order valence-corrected chi connectivity index (χ2v) is 8.82. The molecule has 0 aliphatic rings. The zero-order valence-electron chi connectivity index (χ0n) is 20.9. The number of nitrogens with zero attached hydrogens (tertiary/aromatic N) is 1. The number of halogens is 1. The van der Waals surface area contributed by atoms with Crippen LogP contribution in [0.1, 0.15) is 31.1 Å². The van der Waals surface area contributed by atoms with Crippen molar-refractivity contribution in [2.24, 2.45) is 0 Å². The first-order valence-corrected chi connectivity index (χ1v) is 12.1. The van der Waals surface area contributed by atoms with Crippen LogP contribution in [0.5, 0.6) is 0 Å². The normalized spacial score (nSPS) is 10.7. The molecule has 2 heterocycles. The summed E-state index contributed by atoms with van der Waals surface area (Å²) in [7, 11) is 2.47. The van der Waals surface area contributed by atoms with E-state index < -0.39 is 17.8 Å². The summed E-state index contributed by atoms with van der Waals surface area (Å²) in [5, 5.41) is 3.87. The van der Waals surface area contributed by atoms with Crippen molar-refractivity contribution in [2.45, 2.75) is 0 Å². The van der Waals surface area contributed by atoms with Gasteiger partial charge in [-0.1, -0.05) is 41.9 Å². The van der Waals surface area contributed by atoms with Crippen LogP contribution in [-0.4, -0.2) is 37.0 Å². The summed E-state index contributed by atoms with van der Waals surface area (Å²) < 4.78 is 15.7. The SMILES string of the molecule is COC(=O)c1ccc(C(=O)OC)c(NC(=O)c2cc(-c3ccc(-c4ccccc4Cl)o3)nc3ccccc23)c1. The van der Waals surface area contributed by atoms with Crippen molar-refractivity contribution in [3.8, 4) is 22.8 Å². The highest BCUT2D eigenvalue weighted by molar-refractivity contribution is 6.33. The molecule has 0 saturated carbocycles. The van der Waals surface area contributed by atoms with E-state index in [1.165, 1.54) is 32.4 Å². The van der Waals surface area contributed by atoms with Crippen LogP contribution < -0.4 is 5.32 Å². The van der Waals surface area contributed by atoms with Crippen molar-refractivity contribution in [1.82, 2.24) is 4.98 Å². The second kappa shape index (κ2) is 10.8. The number of rotatable bonds is 6. The van der Waals surface area contributed by atoms with Gasteiger partial charge in [-0.25, -0.2) is 14.6 Å². The highest BCUT2D eigenvalue weighted by atomic mass is 35.5. The molecule has 0 aliphatic carbocycles. The van der Waals surface area contributed by atoms with E-state index in [0.29, 0.717) is 33.1 Å². The molecular formula is C30H21ClN2O6. The molecule has 5 aromatic rings. The lowest BCUT2D eigenvalue weighted by Crippen LogP contribution is -2.17. The fourth-order valence-corrected chi connectivity index (χ4v) is 4.37. The third-order valence-electron chi connectivity index (χ3n) is 6.05. The van der Waals surface area contributed by atoms with Gasteiger partial charge in [0.05, 0.1) is 47.1 Å². The average Bonchev–Trinajstić information content (AvgIpc) is 3.46. The van der Waals surface area contributed by atoms with E-state index in [4.69, 9.17) is 30.5 Å². The summed E-state index contributed by atoms with van der Waals surface area (Å²) in [6.45, 7) is 0. The van der Waals surface area contributed by atoms with Gasteiger partial charge in [0.2, 0.25) is 0 Å². The minimum Gasteiger partial charge on any atom is -0.465 e. The topological polar surface area (TPSA) is 108 Å². The average molecular weight is 541 g/mol. The molecule has 1 amide bonds. The number of esters is 2. The molecule has 0 saturated heterocycles. The Labute approximate surface area is 228 Å². The van der Waals surface area contributed by atoms with Crippen LogP contribution in [0.4, 0.5) is 5.69 Å². The quantitative estimate of drug-likeness (QED) is 0.240. The van der Waals surface area contributed by atoms with Crippen LogP contribution in [-0.2, 0) is 9.47 Å². The van der Waals surface area contributed by atoms with Gasteiger partial charge in [-0.3, -0.25) is 4.79 Å². The molecule has 0 aliphatic heterocycles. The number of fused-ring (bicyclic) bond motifs is 1. The standard InChI is InChI=1S/C30H21ClN2O6/c1-37-29(35)17-11-12-20(30(36)38-2)24(15-17)33-28(34)21-16-25(32-23-10-6-4-7-18(21)23)27-14-13-26(39-27)19-8-3-5-9-22(19)31/h3-16H,1-2H3,(H,33,34). The van der Waals surface area contributed by atoms with E-state index in [-0.39, 0.29) is 22.4 Å². The molecule has 3 aromatic carbocycles. The Balaban J connectivity index is 1.57. The van der Waals surface area contributed by atoms with Crippen LogP contribution in [0.2, 0.25) is 5.02 Å². The number of benzene rings is 3. The monoisotopic (exact) mass is 540 g/mol. The van der Waals surface area contributed by atoms with Gasteiger partial charge < -0.3 is 19.2 Å². The van der Waals surface area contributed by atoms with Crippen molar-refractivity contribution >= 4 is 46.0 Å². The van der Waals surface area contributed by atoms with Gasteiger partial charge in [-0.2, -0.15) is 0 Å². The number of amides is 1. The fourth-order valence-electron chi connectivity index (χ4n) is 4.14. The number of ether oxygens (including phenoxy) is 2. The van der Waals surface area contributed by atoms with Crippen molar-refractivity contribution in [3.63, 3.8) is 0 Å². The Morgan fingerprint density at radius 3 is 2.28 bits per heavy atom. The number of hydrogen-bond donors (Lipinski definition) is 1. The maximum Gasteiger partial charge on any atom is 0.339 e. The Kier molecular flexibility index (Phi) is 7.12. The highest BCUT2D eigenvalue weighted by Crippen LogP contribution is 2.33. The van der Waals surface area contributed by atoms with Gasteiger partial charge in [-0.05, 0) is 54.6 Å². The number of pyridine rings is 1. The van der Waals surface area contributed by atoms with Gasteiger partial charge in [0.25, 0.3) is 5.91 Å². The first-order valence-electron chi connectivity index (χ1n) is 11.8. The number of aromatic nitrogens is 1. The Bertz CT molecular complexity index is 1740. The predicted molar refractivity (Wildman–Crippen MR) is 147 cm³/mol. The van der Waals surface area contributed by atoms with E-state index >= 15 is 0 Å². The lowest BCUT2D eigenvalue weighted by atomic mass is 10.0. The zero-order valence-corrected chi connectivity index (χ0v) is 21.6. The molecule has 0 bridgehead atoms. The van der Waals surface area contributed by atoms with Gasteiger partial charge >= 0.3 is 11.9 Å². The van der Waals surface area contributed by atoms with Crippen LogP contribution >= 0.6 is 11.6 Å². The summed E-state index contributed by atoms with van der Waals surface area (Å²) in [4.78, 5) is 42.8. The summed E-state index contributed by atoms with van der Waals surface area (Å²) in [5.41, 5.74) is 2.32. The molecule has 8 nitrogen and oxygen atoms in total. The number of furan rings is 1. The maximum absolute atomic E-state index is 13.6. The van der Waals surface area contributed by atoms with Crippen molar-refractivity contribution in [2.75, 3.05) is 19.5 Å². The van der Waals surface area contributed by atoms with Gasteiger partial charge in [-0.15, -0.1) is 0 Å². The lowest BCUT2D eigenvalue weighted by molar-refractivity contribution is 0.0587. The number of para-hydroxylation sites is 1. The molecule has 39 heavy (non-hydrogen) atoms. The van der Waals surface area contributed by atoms with Crippen molar-refractivity contribution in [3.05, 3.63) is 107 Å². The van der Waals surface area contributed by atoms with Crippen LogP contribution in [0.25, 0.3) is 33.7 Å². The van der Waals surface area contributed by atoms with E-state index in [2.05, 4.69) is 5.32 Å². The van der Waals surface area contributed by atoms with Gasteiger partial charge in [0.15, 0.2) is 5.76 Å². The first-order chi connectivity index (χ1) is 18.9. The van der Waals surface area contributed by atoms with Crippen molar-refractivity contribution in [1.29, 1.82) is 0 Å². The molecule has 5 rings (SSSR count). The molecule has 0 fully saturated rings. The Morgan fingerprint density at radius 2 is 1.51 bits per heavy atom. The molecule has 2 aromatic heterocycles. The third kappa shape index (κ3) is 5.10. The number of methoxy groups -OCH3 is 2. The molecule has 0 unspecified atom stereocenters. The summed E-state index contributed by atoms with van der Waals surface area (Å²) in [5.74, 6) is -0.832. The molecule has 194 valence electrons. The lowest BCUT2D eigenvalue weighted by Gasteiger charge is -2.13. The molecule has 0 atom stereocenters. The van der Waals surface area contributed by atoms with E-state index in [0.717, 1.165) is 5.56 Å². The van der Waals surface area contributed by atoms with E-state index in [9.17, 15) is 14.4 Å². The number of carbonyl (C=O) groups excluding carboxylic acids is 3. The summed E-state index contributed by atoms with van der Waals surface area (Å²) in [6, 6.07) is 23.8.